The van der Waals surface area contributed by atoms with Crippen LogP contribution in [0.2, 0.25) is 0 Å². The van der Waals surface area contributed by atoms with E-state index in [4.69, 9.17) is 0 Å². The third-order valence-electron chi connectivity index (χ3n) is 2.31. The Morgan fingerprint density at radius 2 is 2.06 bits per heavy atom. The summed E-state index contributed by atoms with van der Waals surface area (Å²) in [5.74, 6) is 0. The molecule has 0 heterocycles. The normalized spacial score (nSPS) is 14.8. The summed E-state index contributed by atoms with van der Waals surface area (Å²) in [5, 5.41) is 3.49. The van der Waals surface area contributed by atoms with Gasteiger partial charge < -0.3 is 5.32 Å². The van der Waals surface area contributed by atoms with E-state index in [1.807, 2.05) is 13.0 Å². The highest BCUT2D eigenvalue weighted by Gasteiger charge is 2.05. The van der Waals surface area contributed by atoms with Gasteiger partial charge in [0.15, 0.2) is 0 Å². The van der Waals surface area contributed by atoms with E-state index in [0.29, 0.717) is 0 Å². The summed E-state index contributed by atoms with van der Waals surface area (Å²) in [6.45, 7) is 3.56. The van der Waals surface area contributed by atoms with E-state index in [-0.39, 0.29) is 5.25 Å². The molecule has 0 aliphatic heterocycles. The topological polar surface area (TPSA) is 29.1 Å². The van der Waals surface area contributed by atoms with Crippen LogP contribution < -0.4 is 5.32 Å². The van der Waals surface area contributed by atoms with Crippen molar-refractivity contribution in [3.8, 4) is 0 Å². The van der Waals surface area contributed by atoms with Gasteiger partial charge in [-0.3, -0.25) is 4.21 Å². The molecule has 90 valence electrons. The molecule has 2 unspecified atom stereocenters. The lowest BCUT2D eigenvalue weighted by Crippen LogP contribution is -2.27. The van der Waals surface area contributed by atoms with Crippen LogP contribution in [-0.2, 0) is 17.3 Å². The largest absolute Gasteiger partial charge is 0.311 e. The zero-order chi connectivity index (χ0) is 12.1. The highest BCUT2D eigenvalue weighted by Crippen LogP contribution is 2.23. The lowest BCUT2D eigenvalue weighted by molar-refractivity contribution is 0.647. The lowest BCUT2D eigenvalue weighted by Gasteiger charge is -2.10. The molecule has 0 spiro atoms. The van der Waals surface area contributed by atoms with Crippen molar-refractivity contribution in [2.45, 2.75) is 18.7 Å². The van der Waals surface area contributed by atoms with Crippen LogP contribution in [0, 0.1) is 0 Å². The fourth-order valence-electron chi connectivity index (χ4n) is 1.19. The molecule has 1 N–H and O–H groups in total. The third-order valence-corrected chi connectivity index (χ3v) is 5.49. The Morgan fingerprint density at radius 3 is 2.62 bits per heavy atom. The van der Waals surface area contributed by atoms with Gasteiger partial charge in [-0.15, -0.1) is 0 Å². The molecule has 2 atom stereocenters. The predicted molar refractivity (Wildman–Crippen MR) is 77.1 cm³/mol. The van der Waals surface area contributed by atoms with E-state index in [1.165, 1.54) is 5.56 Å². The molecule has 0 bridgehead atoms. The summed E-state index contributed by atoms with van der Waals surface area (Å²) < 4.78 is 13.3. The minimum absolute atomic E-state index is 0.193. The molecule has 0 saturated carbocycles. The Kier molecular flexibility index (Phi) is 6.18. The standard InChI is InChI=1S/C11H15Br2NOS/c1-8(16(2)15)6-14-7-9-3-4-10(12)11(13)5-9/h3-5,8,14H,6-7H2,1-2H3. The Labute approximate surface area is 116 Å². The van der Waals surface area contributed by atoms with Crippen molar-refractivity contribution in [2.75, 3.05) is 12.8 Å². The minimum Gasteiger partial charge on any atom is -0.311 e. The number of hydrogen-bond donors (Lipinski definition) is 1. The minimum atomic E-state index is -0.756. The second-order valence-electron chi connectivity index (χ2n) is 3.69. The number of halogens is 2. The first kappa shape index (κ1) is 14.4. The Balaban J connectivity index is 2.43. The predicted octanol–water partition coefficient (Wildman–Crippen LogP) is 3.07. The van der Waals surface area contributed by atoms with Crippen molar-refractivity contribution in [1.82, 2.24) is 5.32 Å². The third kappa shape index (κ3) is 4.65. The smallest absolute Gasteiger partial charge is 0.0441 e. The molecule has 0 radical (unpaired) electrons. The summed E-state index contributed by atoms with van der Waals surface area (Å²) in [5.41, 5.74) is 1.21. The molecule has 5 heteroatoms. The molecular weight excluding hydrogens is 354 g/mol. The number of rotatable bonds is 5. The quantitative estimate of drug-likeness (QED) is 0.865. The maximum atomic E-state index is 11.1. The highest BCUT2D eigenvalue weighted by molar-refractivity contribution is 9.13. The first-order valence-electron chi connectivity index (χ1n) is 4.97. The molecule has 0 aliphatic rings. The lowest BCUT2D eigenvalue weighted by atomic mass is 10.2. The molecule has 1 aromatic carbocycles. The SMILES string of the molecule is CC(CNCc1ccc(Br)c(Br)c1)S(C)=O. The van der Waals surface area contributed by atoms with E-state index < -0.39 is 10.8 Å². The average molecular weight is 369 g/mol. The molecule has 2 nitrogen and oxygen atoms in total. The summed E-state index contributed by atoms with van der Waals surface area (Å²) in [6, 6.07) is 6.16. The van der Waals surface area contributed by atoms with Gasteiger partial charge in [0.2, 0.25) is 0 Å². The van der Waals surface area contributed by atoms with Gasteiger partial charge in [0.1, 0.15) is 0 Å². The molecule has 16 heavy (non-hydrogen) atoms. The van der Waals surface area contributed by atoms with Crippen molar-refractivity contribution >= 4 is 42.7 Å². The van der Waals surface area contributed by atoms with E-state index >= 15 is 0 Å². The van der Waals surface area contributed by atoms with Crippen LogP contribution in [0.15, 0.2) is 27.1 Å². The van der Waals surface area contributed by atoms with Crippen molar-refractivity contribution in [1.29, 1.82) is 0 Å². The van der Waals surface area contributed by atoms with Gasteiger partial charge >= 0.3 is 0 Å². The fourth-order valence-corrected chi connectivity index (χ4v) is 2.21. The number of nitrogens with one attached hydrogen (secondary N) is 1. The molecule has 0 amide bonds. The second-order valence-corrected chi connectivity index (χ2v) is 7.20. The van der Waals surface area contributed by atoms with Crippen LogP contribution in [0.3, 0.4) is 0 Å². The van der Waals surface area contributed by atoms with Crippen LogP contribution in [0.5, 0.6) is 0 Å². The van der Waals surface area contributed by atoms with Gasteiger partial charge in [-0.05, 0) is 56.5 Å². The summed E-state index contributed by atoms with van der Waals surface area (Å²) in [4.78, 5) is 0. The Hall–Kier alpha value is 0.290. The molecule has 0 aromatic heterocycles. The van der Waals surface area contributed by atoms with Crippen LogP contribution >= 0.6 is 31.9 Å². The van der Waals surface area contributed by atoms with E-state index in [0.717, 1.165) is 22.0 Å². The van der Waals surface area contributed by atoms with Gasteiger partial charge in [0, 0.05) is 44.3 Å². The maximum absolute atomic E-state index is 11.1. The van der Waals surface area contributed by atoms with Gasteiger partial charge in [0.25, 0.3) is 0 Å². The van der Waals surface area contributed by atoms with Crippen LogP contribution in [0.25, 0.3) is 0 Å². The molecule has 1 aromatic rings. The number of benzene rings is 1. The van der Waals surface area contributed by atoms with Crippen LogP contribution in [0.1, 0.15) is 12.5 Å². The summed E-state index contributed by atoms with van der Waals surface area (Å²) in [7, 11) is -0.756. The van der Waals surface area contributed by atoms with Crippen molar-refractivity contribution in [2.24, 2.45) is 0 Å². The average Bonchev–Trinajstić information content (AvgIpc) is 2.23. The number of hydrogen-bond acceptors (Lipinski definition) is 2. The first-order chi connectivity index (χ1) is 7.50. The van der Waals surface area contributed by atoms with E-state index in [1.54, 1.807) is 6.26 Å². The molecule has 0 fully saturated rings. The van der Waals surface area contributed by atoms with Gasteiger partial charge in [-0.25, -0.2) is 0 Å². The van der Waals surface area contributed by atoms with Gasteiger partial charge in [-0.1, -0.05) is 6.07 Å². The summed E-state index contributed by atoms with van der Waals surface area (Å²) >= 11 is 6.90. The van der Waals surface area contributed by atoms with Gasteiger partial charge in [-0.2, -0.15) is 0 Å². The van der Waals surface area contributed by atoms with Gasteiger partial charge in [0.05, 0.1) is 0 Å². The van der Waals surface area contributed by atoms with Crippen molar-refractivity contribution in [3.63, 3.8) is 0 Å². The second kappa shape index (κ2) is 6.89. The Morgan fingerprint density at radius 1 is 1.38 bits per heavy atom. The van der Waals surface area contributed by atoms with E-state index in [2.05, 4.69) is 49.3 Å². The van der Waals surface area contributed by atoms with Crippen molar-refractivity contribution < 1.29 is 4.21 Å². The zero-order valence-electron chi connectivity index (χ0n) is 9.30. The molecule has 0 saturated heterocycles. The molecule has 1 rings (SSSR count). The molecule has 0 aliphatic carbocycles. The monoisotopic (exact) mass is 367 g/mol. The van der Waals surface area contributed by atoms with Crippen LogP contribution in [0.4, 0.5) is 0 Å². The maximum Gasteiger partial charge on any atom is 0.0441 e. The highest BCUT2D eigenvalue weighted by atomic mass is 79.9. The molecular formula is C11H15Br2NOS. The van der Waals surface area contributed by atoms with Crippen molar-refractivity contribution in [3.05, 3.63) is 32.7 Å². The first-order valence-corrected chi connectivity index (χ1v) is 8.18. The zero-order valence-corrected chi connectivity index (χ0v) is 13.3. The fraction of sp³-hybridized carbons (Fsp3) is 0.455. The Bertz CT molecular complexity index is 384. The van der Waals surface area contributed by atoms with Crippen LogP contribution in [-0.4, -0.2) is 22.3 Å². The summed E-state index contributed by atoms with van der Waals surface area (Å²) in [6.07, 6.45) is 1.74. The van der Waals surface area contributed by atoms with E-state index in [9.17, 15) is 4.21 Å².